The number of aryl methyl sites for hydroxylation is 1. The van der Waals surface area contributed by atoms with Gasteiger partial charge in [0.05, 0.1) is 29.3 Å². The van der Waals surface area contributed by atoms with Gasteiger partial charge in [0, 0.05) is 48.6 Å². The number of benzene rings is 1. The third-order valence-corrected chi connectivity index (χ3v) is 8.45. The summed E-state index contributed by atoms with van der Waals surface area (Å²) in [6.07, 6.45) is 3.60. The van der Waals surface area contributed by atoms with Gasteiger partial charge in [0.2, 0.25) is 0 Å². The second kappa shape index (κ2) is 11.5. The van der Waals surface area contributed by atoms with Crippen LogP contribution in [0.5, 0.6) is 0 Å². The van der Waals surface area contributed by atoms with Gasteiger partial charge in [-0.3, -0.25) is 4.98 Å². The predicted molar refractivity (Wildman–Crippen MR) is 157 cm³/mol. The topological polar surface area (TPSA) is 107 Å². The lowest BCUT2D eigenvalue weighted by atomic mass is 9.98. The molecule has 5 aromatic rings. The van der Waals surface area contributed by atoms with Crippen LogP contribution in [-0.4, -0.2) is 51.8 Å². The summed E-state index contributed by atoms with van der Waals surface area (Å²) in [6, 6.07) is 10.5. The van der Waals surface area contributed by atoms with Crippen LogP contribution in [0.2, 0.25) is 0 Å². The number of rotatable bonds is 8. The molecule has 2 N–H and O–H groups in total. The van der Waals surface area contributed by atoms with E-state index in [1.165, 1.54) is 41.6 Å². The van der Waals surface area contributed by atoms with Crippen LogP contribution >= 0.6 is 0 Å². The average Bonchev–Trinajstić information content (AvgIpc) is 3.36. The molecule has 4 aromatic heterocycles. The van der Waals surface area contributed by atoms with Crippen molar-refractivity contribution < 1.29 is 22.7 Å². The van der Waals surface area contributed by atoms with Crippen LogP contribution in [0.3, 0.4) is 0 Å². The lowest BCUT2D eigenvalue weighted by molar-refractivity contribution is -0.137. The van der Waals surface area contributed by atoms with Gasteiger partial charge in [0.25, 0.3) is 0 Å². The van der Waals surface area contributed by atoms with Crippen LogP contribution in [0, 0.1) is 5.82 Å². The molecule has 0 saturated heterocycles. The highest BCUT2D eigenvalue weighted by Crippen LogP contribution is 2.42. The second-order valence-corrected chi connectivity index (χ2v) is 11.7. The molecule has 0 spiro atoms. The second-order valence-electron chi connectivity index (χ2n) is 11.7. The van der Waals surface area contributed by atoms with Crippen LogP contribution in [0.4, 0.5) is 17.6 Å². The highest BCUT2D eigenvalue weighted by molar-refractivity contribution is 5.81. The van der Waals surface area contributed by atoms with Gasteiger partial charge in [-0.2, -0.15) is 18.3 Å². The first-order chi connectivity index (χ1) is 21.6. The number of halogens is 4. The largest absolute Gasteiger partial charge is 0.418 e. The molecule has 2 atom stereocenters. The van der Waals surface area contributed by atoms with E-state index >= 15 is 0 Å². The number of pyridine rings is 2. The number of hydrogen-bond acceptors (Lipinski definition) is 7. The van der Waals surface area contributed by atoms with Crippen molar-refractivity contribution in [2.45, 2.75) is 62.9 Å². The number of alkyl halides is 3. The highest BCUT2D eigenvalue weighted by Gasteiger charge is 2.35. The number of aliphatic hydroxyl groups excluding tert-OH is 1. The number of nitrogens with zero attached hydrogens (tertiary/aromatic N) is 7. The lowest BCUT2D eigenvalue weighted by Gasteiger charge is -2.17. The van der Waals surface area contributed by atoms with Crippen molar-refractivity contribution in [1.29, 1.82) is 0 Å². The Morgan fingerprint density at radius 3 is 2.53 bits per heavy atom. The van der Waals surface area contributed by atoms with Crippen LogP contribution in [0.15, 0.2) is 61.2 Å². The van der Waals surface area contributed by atoms with Crippen molar-refractivity contribution >= 4 is 0 Å². The number of aromatic nitrogens is 7. The summed E-state index contributed by atoms with van der Waals surface area (Å²) in [7, 11) is 1.77. The van der Waals surface area contributed by atoms with Gasteiger partial charge < -0.3 is 15.0 Å². The molecule has 0 bridgehead atoms. The van der Waals surface area contributed by atoms with E-state index in [1.54, 1.807) is 23.7 Å². The fourth-order valence-corrected chi connectivity index (χ4v) is 5.91. The Kier molecular flexibility index (Phi) is 7.44. The number of aliphatic hydroxyl groups is 1. The Morgan fingerprint density at radius 2 is 1.82 bits per heavy atom. The van der Waals surface area contributed by atoms with Crippen molar-refractivity contribution in [2.24, 2.45) is 7.05 Å². The van der Waals surface area contributed by atoms with Crippen LogP contribution < -0.4 is 5.32 Å². The van der Waals surface area contributed by atoms with Gasteiger partial charge in [-0.05, 0) is 79.6 Å². The van der Waals surface area contributed by atoms with Gasteiger partial charge in [-0.15, -0.1) is 10.2 Å². The Labute approximate surface area is 256 Å². The van der Waals surface area contributed by atoms with Crippen molar-refractivity contribution in [3.05, 3.63) is 84.0 Å². The van der Waals surface area contributed by atoms with E-state index in [4.69, 9.17) is 4.98 Å². The zero-order valence-electron chi connectivity index (χ0n) is 24.3. The molecule has 4 heterocycles. The molecule has 232 valence electrons. The third-order valence-electron chi connectivity index (χ3n) is 8.45. The molecule has 2 unspecified atom stereocenters. The summed E-state index contributed by atoms with van der Waals surface area (Å²) in [4.78, 5) is 9.20. The van der Waals surface area contributed by atoms with Crippen molar-refractivity contribution in [3.8, 4) is 39.6 Å². The summed E-state index contributed by atoms with van der Waals surface area (Å²) in [5.74, 6) is 0.726. The zero-order chi connectivity index (χ0) is 31.3. The Hall–Kier alpha value is -4.49. The quantitative estimate of drug-likeness (QED) is 0.211. The van der Waals surface area contributed by atoms with E-state index < -0.39 is 23.7 Å². The Bertz CT molecular complexity index is 1860. The highest BCUT2D eigenvalue weighted by atomic mass is 19.4. The third kappa shape index (κ3) is 5.97. The van der Waals surface area contributed by atoms with E-state index in [0.717, 1.165) is 43.0 Å². The molecule has 9 nitrogen and oxygen atoms in total. The molecule has 7 rings (SSSR count). The van der Waals surface area contributed by atoms with E-state index in [1.807, 2.05) is 6.07 Å². The minimum absolute atomic E-state index is 0.116. The summed E-state index contributed by atoms with van der Waals surface area (Å²) in [6.45, 7) is 0.223. The summed E-state index contributed by atoms with van der Waals surface area (Å²) >= 11 is 0. The molecule has 2 saturated carbocycles. The summed E-state index contributed by atoms with van der Waals surface area (Å²) < 4.78 is 59.9. The SMILES string of the molecule is Cn1cnnc1-c1cc(F)ccc1-c1cc(C2CC2)nc(-n2cc(-c3nc(CNC4CCCC4O)ccc3C(F)(F)F)cn2)c1. The minimum Gasteiger partial charge on any atom is -0.392 e. The Morgan fingerprint density at radius 1 is 0.978 bits per heavy atom. The van der Waals surface area contributed by atoms with Gasteiger partial charge in [-0.25, -0.2) is 14.1 Å². The molecule has 1 aromatic carbocycles. The van der Waals surface area contributed by atoms with Gasteiger partial charge in [0.1, 0.15) is 12.1 Å². The van der Waals surface area contributed by atoms with Crippen LogP contribution in [0.25, 0.3) is 39.6 Å². The predicted octanol–water partition coefficient (Wildman–Crippen LogP) is 5.83. The van der Waals surface area contributed by atoms with Crippen molar-refractivity contribution in [1.82, 2.24) is 39.8 Å². The van der Waals surface area contributed by atoms with E-state index in [9.17, 15) is 22.7 Å². The van der Waals surface area contributed by atoms with E-state index in [2.05, 4.69) is 25.6 Å². The fourth-order valence-electron chi connectivity index (χ4n) is 5.91. The molecule has 0 amide bonds. The van der Waals surface area contributed by atoms with Crippen molar-refractivity contribution in [3.63, 3.8) is 0 Å². The molecule has 13 heteroatoms. The zero-order valence-corrected chi connectivity index (χ0v) is 24.3. The Balaban J connectivity index is 1.27. The maximum atomic E-state index is 14.4. The van der Waals surface area contributed by atoms with Gasteiger partial charge >= 0.3 is 6.18 Å². The first-order valence-electron chi connectivity index (χ1n) is 14.8. The van der Waals surface area contributed by atoms with Crippen LogP contribution in [-0.2, 0) is 19.8 Å². The number of hydrogen-bond donors (Lipinski definition) is 2. The van der Waals surface area contributed by atoms with Gasteiger partial charge in [-0.1, -0.05) is 6.07 Å². The summed E-state index contributed by atoms with van der Waals surface area (Å²) in [5, 5.41) is 25.9. The maximum absolute atomic E-state index is 14.4. The molecule has 0 radical (unpaired) electrons. The van der Waals surface area contributed by atoms with Gasteiger partial charge in [0.15, 0.2) is 11.6 Å². The molecule has 2 aliphatic carbocycles. The number of nitrogens with one attached hydrogen (secondary N) is 1. The monoisotopic (exact) mass is 618 g/mol. The maximum Gasteiger partial charge on any atom is 0.418 e. The smallest absolute Gasteiger partial charge is 0.392 e. The van der Waals surface area contributed by atoms with E-state index in [0.29, 0.717) is 34.9 Å². The minimum atomic E-state index is -4.63. The molecule has 2 fully saturated rings. The van der Waals surface area contributed by atoms with Crippen molar-refractivity contribution in [2.75, 3.05) is 0 Å². The fraction of sp³-hybridized carbons (Fsp3) is 0.344. The molecular formula is C32H30F4N8O. The molecule has 0 aliphatic heterocycles. The van der Waals surface area contributed by atoms with Crippen LogP contribution in [0.1, 0.15) is 55.0 Å². The first kappa shape index (κ1) is 29.2. The van der Waals surface area contributed by atoms with E-state index in [-0.39, 0.29) is 29.8 Å². The average molecular weight is 619 g/mol. The lowest BCUT2D eigenvalue weighted by Crippen LogP contribution is -2.35. The normalized spacial score (nSPS) is 18.5. The molecule has 2 aliphatic rings. The summed E-state index contributed by atoms with van der Waals surface area (Å²) in [5.41, 5.74) is 2.33. The molecular weight excluding hydrogens is 588 g/mol. The first-order valence-corrected chi connectivity index (χ1v) is 14.8. The standard InChI is InChI=1S/C32H30F4N8O/c1-43-17-38-42-31(43)24-13-21(33)7-9-23(24)19-11-27(18-5-6-18)41-29(12-19)44-16-20(14-39-44)30-25(32(34,35)36)10-8-22(40-30)15-37-26-3-2-4-28(26)45/h7-14,16-18,26,28,37,45H,2-6,15H2,1H3. The molecule has 45 heavy (non-hydrogen) atoms.